The molecule has 0 saturated heterocycles. The summed E-state index contributed by atoms with van der Waals surface area (Å²) in [6, 6.07) is 0. The van der Waals surface area contributed by atoms with Gasteiger partial charge in [-0.1, -0.05) is 0 Å². The second kappa shape index (κ2) is 6.06. The maximum absolute atomic E-state index is 11.8. The van der Waals surface area contributed by atoms with Crippen molar-refractivity contribution in [1.29, 1.82) is 0 Å². The standard InChI is InChI=1S/C8H11N3O6S2/c1-17-7(14)5-8(18-3-10-5)19(15,16)11-2-4(12)6(9)13/h3-4,11-12H,2H2,1H3,(H2,9,13). The van der Waals surface area contributed by atoms with E-state index < -0.39 is 34.5 Å². The molecule has 1 atom stereocenters. The van der Waals surface area contributed by atoms with Crippen molar-refractivity contribution in [2.24, 2.45) is 5.73 Å². The minimum atomic E-state index is -4.09. The van der Waals surface area contributed by atoms with E-state index in [0.717, 1.165) is 12.6 Å². The highest BCUT2D eigenvalue weighted by Crippen LogP contribution is 2.20. The van der Waals surface area contributed by atoms with E-state index in [9.17, 15) is 18.0 Å². The van der Waals surface area contributed by atoms with E-state index in [-0.39, 0.29) is 9.90 Å². The van der Waals surface area contributed by atoms with Crippen molar-refractivity contribution in [2.75, 3.05) is 13.7 Å². The average Bonchev–Trinajstić information content (AvgIpc) is 2.84. The number of aliphatic hydroxyl groups excluding tert-OH is 1. The highest BCUT2D eigenvalue weighted by atomic mass is 32.2. The third-order valence-electron chi connectivity index (χ3n) is 1.95. The highest BCUT2D eigenvalue weighted by Gasteiger charge is 2.27. The van der Waals surface area contributed by atoms with Crippen LogP contribution in [-0.4, -0.2) is 50.1 Å². The van der Waals surface area contributed by atoms with Gasteiger partial charge in [-0.25, -0.2) is 22.9 Å². The summed E-state index contributed by atoms with van der Waals surface area (Å²) in [6.45, 7) is -0.601. The van der Waals surface area contributed by atoms with E-state index in [2.05, 4.69) is 9.72 Å². The molecule has 1 unspecified atom stereocenters. The maximum atomic E-state index is 11.8. The number of thiazole rings is 1. The molecule has 0 fully saturated rings. The van der Waals surface area contributed by atoms with Gasteiger partial charge in [0, 0.05) is 6.54 Å². The minimum absolute atomic E-state index is 0.365. The van der Waals surface area contributed by atoms with E-state index in [0.29, 0.717) is 11.3 Å². The minimum Gasteiger partial charge on any atom is -0.464 e. The Hall–Kier alpha value is -1.56. The Morgan fingerprint density at radius 2 is 2.26 bits per heavy atom. The number of rotatable bonds is 6. The number of nitrogens with one attached hydrogen (secondary N) is 1. The lowest BCUT2D eigenvalue weighted by Crippen LogP contribution is -2.40. The van der Waals surface area contributed by atoms with Gasteiger partial charge in [0.1, 0.15) is 6.10 Å². The van der Waals surface area contributed by atoms with Gasteiger partial charge in [0.25, 0.3) is 10.0 Å². The first-order valence-electron chi connectivity index (χ1n) is 4.78. The lowest BCUT2D eigenvalue weighted by Gasteiger charge is -2.08. The Bertz CT molecular complexity index is 581. The van der Waals surface area contributed by atoms with Gasteiger partial charge in [0.15, 0.2) is 9.90 Å². The Kier molecular flexibility index (Phi) is 4.94. The lowest BCUT2D eigenvalue weighted by atomic mass is 10.3. The molecule has 9 nitrogen and oxygen atoms in total. The summed E-state index contributed by atoms with van der Waals surface area (Å²) in [5.41, 5.74) is 5.57. The van der Waals surface area contributed by atoms with E-state index in [1.54, 1.807) is 0 Å². The molecule has 0 aliphatic rings. The van der Waals surface area contributed by atoms with Crippen LogP contribution in [0.4, 0.5) is 0 Å². The van der Waals surface area contributed by atoms with Crippen molar-refractivity contribution in [1.82, 2.24) is 9.71 Å². The van der Waals surface area contributed by atoms with Gasteiger partial charge >= 0.3 is 5.97 Å². The summed E-state index contributed by atoms with van der Waals surface area (Å²) in [6.07, 6.45) is -1.66. The Labute approximate surface area is 112 Å². The number of ether oxygens (including phenoxy) is 1. The molecule has 0 aliphatic carbocycles. The molecule has 1 amide bonds. The van der Waals surface area contributed by atoms with Crippen molar-refractivity contribution in [2.45, 2.75) is 10.3 Å². The number of sulfonamides is 1. The molecule has 1 aromatic rings. The quantitative estimate of drug-likeness (QED) is 0.517. The third-order valence-corrected chi connectivity index (χ3v) is 4.75. The number of carbonyl (C=O) groups is 2. The number of aliphatic hydroxyl groups is 1. The molecule has 1 aromatic heterocycles. The van der Waals surface area contributed by atoms with Gasteiger partial charge in [-0.3, -0.25) is 4.79 Å². The second-order valence-corrected chi connectivity index (χ2v) is 6.07. The first-order chi connectivity index (χ1) is 8.79. The molecule has 0 spiro atoms. The zero-order valence-corrected chi connectivity index (χ0v) is 11.3. The molecule has 19 heavy (non-hydrogen) atoms. The van der Waals surface area contributed by atoms with Crippen LogP contribution in [0.25, 0.3) is 0 Å². The van der Waals surface area contributed by atoms with Crippen LogP contribution in [0.15, 0.2) is 9.72 Å². The van der Waals surface area contributed by atoms with Gasteiger partial charge in [-0.05, 0) is 0 Å². The van der Waals surface area contributed by atoms with Crippen LogP contribution < -0.4 is 10.5 Å². The van der Waals surface area contributed by atoms with Crippen molar-refractivity contribution >= 4 is 33.2 Å². The highest BCUT2D eigenvalue weighted by molar-refractivity contribution is 7.91. The Balaban J connectivity index is 2.93. The molecular weight excluding hydrogens is 298 g/mol. The van der Waals surface area contributed by atoms with Crippen LogP contribution >= 0.6 is 11.3 Å². The number of aromatic nitrogens is 1. The van der Waals surface area contributed by atoms with Crippen LogP contribution in [0, 0.1) is 0 Å². The molecule has 0 bridgehead atoms. The Morgan fingerprint density at radius 1 is 1.63 bits per heavy atom. The number of amides is 1. The molecule has 11 heteroatoms. The number of methoxy groups -OCH3 is 1. The number of esters is 1. The van der Waals surface area contributed by atoms with Crippen LogP contribution in [0.1, 0.15) is 10.5 Å². The number of hydrogen-bond donors (Lipinski definition) is 3. The number of nitrogens with two attached hydrogens (primary N) is 1. The third kappa shape index (κ3) is 3.70. The summed E-state index contributed by atoms with van der Waals surface area (Å²) in [7, 11) is -3.01. The molecular formula is C8H11N3O6S2. The maximum Gasteiger partial charge on any atom is 0.358 e. The SMILES string of the molecule is COC(=O)c1ncsc1S(=O)(=O)NCC(O)C(N)=O. The smallest absolute Gasteiger partial charge is 0.358 e. The Morgan fingerprint density at radius 3 is 2.79 bits per heavy atom. The fraction of sp³-hybridized carbons (Fsp3) is 0.375. The van der Waals surface area contributed by atoms with E-state index in [1.165, 1.54) is 0 Å². The number of hydrogen-bond acceptors (Lipinski definition) is 8. The van der Waals surface area contributed by atoms with Gasteiger partial charge in [-0.2, -0.15) is 0 Å². The normalized spacial score (nSPS) is 12.9. The molecule has 1 rings (SSSR count). The monoisotopic (exact) mass is 309 g/mol. The van der Waals surface area contributed by atoms with Gasteiger partial charge in [-0.15, -0.1) is 11.3 Å². The van der Waals surface area contributed by atoms with Gasteiger partial charge < -0.3 is 15.6 Å². The van der Waals surface area contributed by atoms with Crippen LogP contribution in [0.2, 0.25) is 0 Å². The molecule has 0 aliphatic heterocycles. The van der Waals surface area contributed by atoms with Crippen molar-refractivity contribution < 1.29 is 27.9 Å². The largest absolute Gasteiger partial charge is 0.464 e. The molecule has 1 heterocycles. The molecule has 4 N–H and O–H groups in total. The van der Waals surface area contributed by atoms with E-state index >= 15 is 0 Å². The van der Waals surface area contributed by atoms with E-state index in [1.807, 2.05) is 4.72 Å². The van der Waals surface area contributed by atoms with Crippen LogP contribution in [0.3, 0.4) is 0 Å². The first-order valence-corrected chi connectivity index (χ1v) is 7.14. The zero-order valence-electron chi connectivity index (χ0n) is 9.69. The predicted molar refractivity (Wildman–Crippen MR) is 63.8 cm³/mol. The van der Waals surface area contributed by atoms with Crippen molar-refractivity contribution in [3.63, 3.8) is 0 Å². The summed E-state index contributed by atoms with van der Waals surface area (Å²) < 4.78 is 29.7. The van der Waals surface area contributed by atoms with Crippen molar-refractivity contribution in [3.8, 4) is 0 Å². The fourth-order valence-corrected chi connectivity index (χ4v) is 3.23. The molecule has 106 valence electrons. The lowest BCUT2D eigenvalue weighted by molar-refractivity contribution is -0.125. The summed E-state index contributed by atoms with van der Waals surface area (Å²) in [5.74, 6) is -1.97. The van der Waals surface area contributed by atoms with E-state index in [4.69, 9.17) is 10.8 Å². The average molecular weight is 309 g/mol. The topological polar surface area (TPSA) is 149 Å². The second-order valence-electron chi connectivity index (χ2n) is 3.25. The zero-order chi connectivity index (χ0) is 14.6. The number of carbonyl (C=O) groups excluding carboxylic acids is 2. The van der Waals surface area contributed by atoms with Crippen LogP contribution in [0.5, 0.6) is 0 Å². The molecule has 0 saturated carbocycles. The molecule has 0 aromatic carbocycles. The first kappa shape index (κ1) is 15.5. The number of nitrogens with zero attached hydrogens (tertiary/aromatic N) is 1. The predicted octanol–water partition coefficient (Wildman–Crippen LogP) is -1.95. The van der Waals surface area contributed by atoms with Gasteiger partial charge in [0.05, 0.1) is 12.6 Å². The number of primary amides is 1. The summed E-state index contributed by atoms with van der Waals surface area (Å²) >= 11 is 0.700. The summed E-state index contributed by atoms with van der Waals surface area (Å²) in [4.78, 5) is 25.5. The van der Waals surface area contributed by atoms with Gasteiger partial charge in [0.2, 0.25) is 5.91 Å². The molecule has 0 radical (unpaired) electrons. The fourth-order valence-electron chi connectivity index (χ4n) is 1.01. The summed E-state index contributed by atoms with van der Waals surface area (Å²) in [5, 5.41) is 9.11. The van der Waals surface area contributed by atoms with Crippen molar-refractivity contribution in [3.05, 3.63) is 11.2 Å². The van der Waals surface area contributed by atoms with Crippen LogP contribution in [-0.2, 0) is 19.6 Å².